The number of ketones is 1. The fraction of sp³-hybridized carbons (Fsp3) is 0.767. The Morgan fingerprint density at radius 2 is 1.58 bits per heavy atom. The van der Waals surface area contributed by atoms with Gasteiger partial charge in [0.05, 0.1) is 11.9 Å². The van der Waals surface area contributed by atoms with E-state index in [2.05, 4.69) is 54.2 Å². The third kappa shape index (κ3) is 38.1. The summed E-state index contributed by atoms with van der Waals surface area (Å²) in [6.07, 6.45) is 22.4. The predicted molar refractivity (Wildman–Crippen MR) is 149 cm³/mol. The Kier molecular flexibility index (Phi) is 31.2. The molecule has 0 fully saturated rings. The van der Waals surface area contributed by atoms with Gasteiger partial charge in [0.2, 0.25) is 0 Å². The van der Waals surface area contributed by atoms with Gasteiger partial charge in [-0.3, -0.25) is 0 Å². The van der Waals surface area contributed by atoms with Gasteiger partial charge in [-0.05, 0) is 45.3 Å². The molecule has 1 aliphatic rings. The van der Waals surface area contributed by atoms with E-state index in [0.29, 0.717) is 17.6 Å². The lowest BCUT2D eigenvalue weighted by molar-refractivity contribution is -0.117. The normalized spacial score (nSPS) is 14.2. The summed E-state index contributed by atoms with van der Waals surface area (Å²) in [5.74, 6) is 2.39. The van der Waals surface area contributed by atoms with Crippen molar-refractivity contribution in [2.45, 2.75) is 145 Å². The summed E-state index contributed by atoms with van der Waals surface area (Å²) in [5, 5.41) is 0. The van der Waals surface area contributed by atoms with E-state index in [1.165, 1.54) is 57.8 Å². The Bertz CT molecular complexity index is 492. The van der Waals surface area contributed by atoms with Gasteiger partial charge in [0, 0.05) is 25.0 Å². The number of allylic oxidation sites excluding steroid dienone is 3. The van der Waals surface area contributed by atoms with E-state index >= 15 is 0 Å². The highest BCUT2D eigenvalue weighted by Gasteiger charge is 2.09. The fourth-order valence-corrected chi connectivity index (χ4v) is 2.78. The molecule has 33 heavy (non-hydrogen) atoms. The highest BCUT2D eigenvalue weighted by Crippen LogP contribution is 2.18. The van der Waals surface area contributed by atoms with Gasteiger partial charge >= 0.3 is 0 Å². The van der Waals surface area contributed by atoms with Crippen LogP contribution in [0.25, 0.3) is 0 Å². The predicted octanol–water partition coefficient (Wildman–Crippen LogP) is 9.67. The van der Waals surface area contributed by atoms with Crippen LogP contribution in [-0.4, -0.2) is 11.9 Å². The van der Waals surface area contributed by atoms with Crippen molar-refractivity contribution in [2.75, 3.05) is 0 Å². The van der Waals surface area contributed by atoms with E-state index in [-0.39, 0.29) is 0 Å². The van der Waals surface area contributed by atoms with Crippen LogP contribution in [0.3, 0.4) is 0 Å². The van der Waals surface area contributed by atoms with Crippen LogP contribution in [0.15, 0.2) is 36.3 Å². The van der Waals surface area contributed by atoms with Crippen LogP contribution in [-0.2, 0) is 9.53 Å². The summed E-state index contributed by atoms with van der Waals surface area (Å²) in [6, 6.07) is 0. The molecular weight excluding hydrogens is 406 g/mol. The van der Waals surface area contributed by atoms with Gasteiger partial charge in [-0.25, -0.2) is 0 Å². The Morgan fingerprint density at radius 3 is 1.82 bits per heavy atom. The topological polar surface area (TPSA) is 52.3 Å². The number of unbranched alkanes of at least 4 members (excludes halogenated alkanes) is 8. The maximum absolute atomic E-state index is 10.7. The summed E-state index contributed by atoms with van der Waals surface area (Å²) < 4.78 is 5.37. The molecule has 1 rings (SSSR count). The first kappa shape index (κ1) is 36.1. The molecule has 196 valence electrons. The van der Waals surface area contributed by atoms with Crippen molar-refractivity contribution in [1.29, 1.82) is 0 Å². The summed E-state index contributed by atoms with van der Waals surface area (Å²) in [6.45, 7) is 20.1. The van der Waals surface area contributed by atoms with Crippen molar-refractivity contribution in [2.24, 2.45) is 11.7 Å². The fourth-order valence-electron chi connectivity index (χ4n) is 2.78. The van der Waals surface area contributed by atoms with E-state index in [1.54, 1.807) is 13.0 Å². The molecule has 0 aromatic rings. The molecule has 3 heteroatoms. The van der Waals surface area contributed by atoms with E-state index in [1.807, 2.05) is 13.0 Å². The molecule has 1 unspecified atom stereocenters. The molecule has 1 atom stereocenters. The molecular formula is C30H59NO2. The van der Waals surface area contributed by atoms with Crippen LogP contribution >= 0.6 is 0 Å². The van der Waals surface area contributed by atoms with E-state index in [4.69, 9.17) is 10.5 Å². The minimum atomic E-state index is 0.341. The van der Waals surface area contributed by atoms with Crippen LogP contribution in [0.1, 0.15) is 139 Å². The highest BCUT2D eigenvalue weighted by molar-refractivity contribution is 5.75. The number of ether oxygens (including phenoxy) is 1. The molecule has 0 saturated heterocycles. The van der Waals surface area contributed by atoms with Gasteiger partial charge in [0.15, 0.2) is 0 Å². The number of carbonyl (C=O) groups is 1. The van der Waals surface area contributed by atoms with Crippen molar-refractivity contribution >= 4 is 5.78 Å². The number of nitrogens with two attached hydrogens (primary N) is 1. The summed E-state index contributed by atoms with van der Waals surface area (Å²) in [7, 11) is 0. The molecule has 0 amide bonds. The van der Waals surface area contributed by atoms with Crippen molar-refractivity contribution in [3.05, 3.63) is 36.3 Å². The van der Waals surface area contributed by atoms with Gasteiger partial charge in [0.25, 0.3) is 0 Å². The largest absolute Gasteiger partial charge is 0.495 e. The molecule has 0 aliphatic carbocycles. The average Bonchev–Trinajstić information content (AvgIpc) is 3.19. The van der Waals surface area contributed by atoms with Crippen LogP contribution < -0.4 is 5.73 Å². The first-order valence-electron chi connectivity index (χ1n) is 13.6. The molecule has 0 radical (unpaired) electrons. The molecule has 0 aromatic heterocycles. The van der Waals surface area contributed by atoms with E-state index < -0.39 is 0 Å². The lowest BCUT2D eigenvalue weighted by Gasteiger charge is -2.04. The van der Waals surface area contributed by atoms with Crippen molar-refractivity contribution in [3.8, 4) is 0 Å². The standard InChI is InChI=1S/C13H26O.C7H12O.C5H9N.C5H12/c1-3-4-5-6-7-8-9-10-11-12-13(2)14;1-3-7-5-4-6(2)8-7;1-3-4-5(2)6;1-4-5(2)3/h3-12H2,1-2H3;5-6H,3-4H2,1-2H3;3-4H,2,6H2,1H3;5H,4H2,1-3H3/b;;4-3-;. The third-order valence-electron chi connectivity index (χ3n) is 5.21. The monoisotopic (exact) mass is 465 g/mol. The Morgan fingerprint density at radius 1 is 1.09 bits per heavy atom. The number of carbonyl (C=O) groups excluding carboxylic acids is 1. The van der Waals surface area contributed by atoms with Crippen molar-refractivity contribution in [3.63, 3.8) is 0 Å². The quantitative estimate of drug-likeness (QED) is 0.217. The van der Waals surface area contributed by atoms with Crippen LogP contribution in [0.4, 0.5) is 0 Å². The Hall–Kier alpha value is -1.51. The first-order chi connectivity index (χ1) is 15.6. The maximum Gasteiger partial charge on any atom is 0.129 e. The summed E-state index contributed by atoms with van der Waals surface area (Å²) in [5.41, 5.74) is 5.73. The van der Waals surface area contributed by atoms with Crippen molar-refractivity contribution < 1.29 is 9.53 Å². The van der Waals surface area contributed by atoms with Crippen LogP contribution in [0, 0.1) is 5.92 Å². The lowest BCUT2D eigenvalue weighted by atomic mass is 10.1. The molecule has 0 spiro atoms. The molecule has 0 aromatic carbocycles. The Balaban J connectivity index is -0.000000400. The van der Waals surface area contributed by atoms with Crippen molar-refractivity contribution in [1.82, 2.24) is 0 Å². The van der Waals surface area contributed by atoms with Gasteiger partial charge in [-0.2, -0.15) is 0 Å². The van der Waals surface area contributed by atoms with Gasteiger partial charge < -0.3 is 15.3 Å². The molecule has 1 heterocycles. The van der Waals surface area contributed by atoms with Crippen LogP contribution in [0.2, 0.25) is 0 Å². The molecule has 0 saturated carbocycles. The number of hydrogen-bond donors (Lipinski definition) is 1. The molecule has 2 N–H and O–H groups in total. The summed E-state index contributed by atoms with van der Waals surface area (Å²) >= 11 is 0. The smallest absolute Gasteiger partial charge is 0.129 e. The molecule has 3 nitrogen and oxygen atoms in total. The number of hydrogen-bond acceptors (Lipinski definition) is 3. The number of rotatable bonds is 13. The second kappa shape index (κ2) is 28.5. The van der Waals surface area contributed by atoms with Crippen LogP contribution in [0.5, 0.6) is 0 Å². The SMILES string of the molecule is C=C(N)/C=C\C.CCC(C)C.CCC1=CCC(C)O1.CCCCCCCCCCCC(C)=O. The lowest BCUT2D eigenvalue weighted by Crippen LogP contribution is -1.97. The molecule has 1 aliphatic heterocycles. The summed E-state index contributed by atoms with van der Waals surface area (Å²) in [4.78, 5) is 10.7. The third-order valence-corrected chi connectivity index (χ3v) is 5.21. The maximum atomic E-state index is 10.7. The minimum absolute atomic E-state index is 0.341. The zero-order valence-electron chi connectivity index (χ0n) is 23.7. The minimum Gasteiger partial charge on any atom is -0.495 e. The zero-order chi connectivity index (χ0) is 25.9. The van der Waals surface area contributed by atoms with Gasteiger partial charge in [-0.15, -0.1) is 0 Å². The number of Topliss-reactive ketones (excluding diaryl/α,β-unsaturated/α-hetero) is 1. The van der Waals surface area contributed by atoms with Gasteiger partial charge in [-0.1, -0.05) is 105 Å². The van der Waals surface area contributed by atoms with E-state index in [9.17, 15) is 4.79 Å². The zero-order valence-corrected chi connectivity index (χ0v) is 23.7. The Labute approximate surface area is 208 Å². The van der Waals surface area contributed by atoms with Gasteiger partial charge in [0.1, 0.15) is 5.78 Å². The second-order valence-electron chi connectivity index (χ2n) is 9.35. The first-order valence-corrected chi connectivity index (χ1v) is 13.6. The second-order valence-corrected chi connectivity index (χ2v) is 9.35. The highest BCUT2D eigenvalue weighted by atomic mass is 16.5. The average molecular weight is 466 g/mol. The van der Waals surface area contributed by atoms with E-state index in [0.717, 1.165) is 37.4 Å². The molecule has 0 bridgehead atoms.